The zero-order valence-electron chi connectivity index (χ0n) is 20.8. The topological polar surface area (TPSA) is 35.0 Å². The van der Waals surface area contributed by atoms with Gasteiger partial charge in [0, 0.05) is 30.3 Å². The Hall–Kier alpha value is -2.85. The average Bonchev–Trinajstić information content (AvgIpc) is 2.87. The van der Waals surface area contributed by atoms with Gasteiger partial charge >= 0.3 is 0 Å². The maximum Gasteiger partial charge on any atom is 0.159 e. The molecule has 0 bridgehead atoms. The monoisotopic (exact) mass is 462 g/mol. The minimum atomic E-state index is 0.697. The highest BCUT2D eigenvalue weighted by atomic mass is 19.1. The number of hydrogen-bond donors (Lipinski definition) is 0. The predicted octanol–water partition coefficient (Wildman–Crippen LogP) is 8.09. The third kappa shape index (κ3) is 12.4. The van der Waals surface area contributed by atoms with Crippen molar-refractivity contribution in [2.24, 2.45) is 0 Å². The fourth-order valence-corrected chi connectivity index (χ4v) is 3.79. The van der Waals surface area contributed by atoms with Gasteiger partial charge in [-0.2, -0.15) is 0 Å². The third-order valence-electron chi connectivity index (χ3n) is 5.80. The van der Waals surface area contributed by atoms with Crippen molar-refractivity contribution in [3.05, 3.63) is 42.2 Å². The van der Waals surface area contributed by atoms with Crippen molar-refractivity contribution >= 4 is 0 Å². The molecular weight excluding hydrogens is 423 g/mol. The molecule has 0 N–H and O–H groups in total. The van der Waals surface area contributed by atoms with E-state index in [0.29, 0.717) is 6.61 Å². The second-order valence-corrected chi connectivity index (χ2v) is 8.70. The largest absolute Gasteiger partial charge is 0.494 e. The molecule has 0 aliphatic carbocycles. The first-order valence-electron chi connectivity index (χ1n) is 13.0. The Labute approximate surface area is 206 Å². The van der Waals surface area contributed by atoms with Crippen molar-refractivity contribution in [3.8, 4) is 41.1 Å². The summed E-state index contributed by atoms with van der Waals surface area (Å²) in [6.45, 7) is 2.96. The van der Waals surface area contributed by atoms with Crippen LogP contribution in [0.1, 0.15) is 96.0 Å². The molecule has 0 fully saturated rings. The molecule has 4 heteroatoms. The van der Waals surface area contributed by atoms with Crippen LogP contribution in [-0.2, 0) is 6.42 Å². The highest BCUT2D eigenvalue weighted by molar-refractivity contribution is 5.55. The Kier molecular flexibility index (Phi) is 15.0. The SMILES string of the molecule is CCCCCCCCCCc1cnc(-c2ccc(OCCCCCCC#CC#CF)cc2)nc1. The Morgan fingerprint density at radius 1 is 0.765 bits per heavy atom. The van der Waals surface area contributed by atoms with Crippen LogP contribution >= 0.6 is 0 Å². The summed E-state index contributed by atoms with van der Waals surface area (Å²) in [5.41, 5.74) is 2.22. The highest BCUT2D eigenvalue weighted by Gasteiger charge is 2.03. The van der Waals surface area contributed by atoms with E-state index in [4.69, 9.17) is 4.74 Å². The molecule has 3 nitrogen and oxygen atoms in total. The molecule has 0 spiro atoms. The van der Waals surface area contributed by atoms with E-state index in [1.807, 2.05) is 36.7 Å². The van der Waals surface area contributed by atoms with Gasteiger partial charge in [0.1, 0.15) is 11.9 Å². The fourth-order valence-electron chi connectivity index (χ4n) is 3.79. The van der Waals surface area contributed by atoms with Crippen LogP contribution in [0.3, 0.4) is 0 Å². The summed E-state index contributed by atoms with van der Waals surface area (Å²) >= 11 is 0. The molecule has 2 rings (SSSR count). The van der Waals surface area contributed by atoms with Crippen LogP contribution in [0.2, 0.25) is 0 Å². The van der Waals surface area contributed by atoms with E-state index < -0.39 is 0 Å². The number of benzene rings is 1. The summed E-state index contributed by atoms with van der Waals surface area (Å²) in [7, 11) is 0. The molecule has 0 saturated carbocycles. The molecule has 182 valence electrons. The second kappa shape index (κ2) is 18.6. The third-order valence-corrected chi connectivity index (χ3v) is 5.80. The predicted molar refractivity (Wildman–Crippen MR) is 139 cm³/mol. The lowest BCUT2D eigenvalue weighted by Crippen LogP contribution is -1.97. The molecule has 0 unspecified atom stereocenters. The van der Waals surface area contributed by atoms with E-state index >= 15 is 0 Å². The Bertz CT molecular complexity index is 901. The number of unbranched alkanes of at least 4 members (excludes halogenated alkanes) is 11. The van der Waals surface area contributed by atoms with Crippen LogP contribution < -0.4 is 4.74 Å². The van der Waals surface area contributed by atoms with Crippen LogP contribution in [0.5, 0.6) is 5.75 Å². The van der Waals surface area contributed by atoms with E-state index in [1.165, 1.54) is 63.1 Å². The molecule has 0 atom stereocenters. The number of rotatable bonds is 17. The summed E-state index contributed by atoms with van der Waals surface area (Å²) in [4.78, 5) is 9.13. The van der Waals surface area contributed by atoms with Crippen LogP contribution in [0.4, 0.5) is 4.39 Å². The Morgan fingerprint density at radius 3 is 2.12 bits per heavy atom. The normalized spacial score (nSPS) is 10.2. The zero-order chi connectivity index (χ0) is 24.1. The standard InChI is InChI=1S/C30H39FN2O/c1-2-3-4-5-6-9-12-15-18-27-25-32-30(33-26-27)28-19-21-29(22-20-28)34-24-17-14-11-8-7-10-13-16-23-31/h19-22,25-26H,2-9,11-12,14-15,17-18,24H2,1H3. The summed E-state index contributed by atoms with van der Waals surface area (Å²) in [5.74, 6) is 9.05. The number of halogens is 1. The Morgan fingerprint density at radius 2 is 1.41 bits per heavy atom. The summed E-state index contributed by atoms with van der Waals surface area (Å²) in [6.07, 6.45) is 21.9. The van der Waals surface area contributed by atoms with Gasteiger partial charge in [0.15, 0.2) is 5.82 Å². The van der Waals surface area contributed by atoms with Crippen LogP contribution in [0, 0.1) is 23.9 Å². The summed E-state index contributed by atoms with van der Waals surface area (Å²) in [6, 6.07) is 7.99. The molecule has 1 aromatic heterocycles. The smallest absolute Gasteiger partial charge is 0.159 e. The molecule has 0 amide bonds. The van der Waals surface area contributed by atoms with Gasteiger partial charge < -0.3 is 4.74 Å². The van der Waals surface area contributed by atoms with Crippen molar-refractivity contribution in [3.63, 3.8) is 0 Å². The highest BCUT2D eigenvalue weighted by Crippen LogP contribution is 2.20. The molecule has 0 radical (unpaired) electrons. The van der Waals surface area contributed by atoms with Gasteiger partial charge in [-0.1, -0.05) is 70.6 Å². The number of nitrogens with zero attached hydrogens (tertiary/aromatic N) is 2. The van der Waals surface area contributed by atoms with E-state index in [0.717, 1.165) is 55.7 Å². The number of aromatic nitrogens is 2. The quantitative estimate of drug-likeness (QED) is 0.176. The van der Waals surface area contributed by atoms with Crippen LogP contribution in [0.25, 0.3) is 11.4 Å². The summed E-state index contributed by atoms with van der Waals surface area (Å²) < 4.78 is 17.4. The molecule has 2 aromatic rings. The fraction of sp³-hybridized carbons (Fsp3) is 0.533. The lowest BCUT2D eigenvalue weighted by atomic mass is 10.1. The molecular formula is C30H39FN2O. The van der Waals surface area contributed by atoms with Crippen molar-refractivity contribution in [1.82, 2.24) is 9.97 Å². The molecule has 0 saturated heterocycles. The number of ether oxygens (including phenoxy) is 1. The van der Waals surface area contributed by atoms with Gasteiger partial charge in [-0.15, -0.1) is 4.39 Å². The van der Waals surface area contributed by atoms with Gasteiger partial charge in [-0.25, -0.2) is 9.97 Å². The van der Waals surface area contributed by atoms with Crippen molar-refractivity contribution in [2.45, 2.75) is 96.8 Å². The van der Waals surface area contributed by atoms with Crippen LogP contribution in [0.15, 0.2) is 36.7 Å². The van der Waals surface area contributed by atoms with Gasteiger partial charge in [0.25, 0.3) is 0 Å². The average molecular weight is 463 g/mol. The number of hydrogen-bond acceptors (Lipinski definition) is 3. The maximum atomic E-state index is 11.6. The second-order valence-electron chi connectivity index (χ2n) is 8.70. The van der Waals surface area contributed by atoms with Gasteiger partial charge in [0.2, 0.25) is 0 Å². The van der Waals surface area contributed by atoms with E-state index in [9.17, 15) is 4.39 Å². The minimum absolute atomic E-state index is 0.697. The van der Waals surface area contributed by atoms with E-state index in [-0.39, 0.29) is 0 Å². The maximum absolute atomic E-state index is 11.6. The van der Waals surface area contributed by atoms with Gasteiger partial charge in [0.05, 0.1) is 6.61 Å². The zero-order valence-corrected chi connectivity index (χ0v) is 20.8. The van der Waals surface area contributed by atoms with Crippen molar-refractivity contribution in [1.29, 1.82) is 0 Å². The number of aryl methyl sites for hydroxylation is 1. The molecule has 1 heterocycles. The van der Waals surface area contributed by atoms with Crippen LogP contribution in [-0.4, -0.2) is 16.6 Å². The minimum Gasteiger partial charge on any atom is -0.494 e. The van der Waals surface area contributed by atoms with Crippen molar-refractivity contribution in [2.75, 3.05) is 6.61 Å². The molecule has 0 aliphatic heterocycles. The van der Waals surface area contributed by atoms with Gasteiger partial charge in [-0.05, 0) is 61.4 Å². The molecule has 1 aromatic carbocycles. The molecule has 0 aliphatic rings. The van der Waals surface area contributed by atoms with Crippen molar-refractivity contribution < 1.29 is 9.13 Å². The summed E-state index contributed by atoms with van der Waals surface area (Å²) in [5, 5.41) is 0. The first-order chi connectivity index (χ1) is 16.8. The lowest BCUT2D eigenvalue weighted by molar-refractivity contribution is 0.305. The van der Waals surface area contributed by atoms with E-state index in [2.05, 4.69) is 34.7 Å². The first kappa shape index (κ1) is 27.4. The first-order valence-corrected chi connectivity index (χ1v) is 13.0. The molecule has 34 heavy (non-hydrogen) atoms. The van der Waals surface area contributed by atoms with E-state index in [1.54, 1.807) is 0 Å². The van der Waals surface area contributed by atoms with Gasteiger partial charge in [-0.3, -0.25) is 0 Å². The Balaban J connectivity index is 1.60. The lowest BCUT2D eigenvalue weighted by Gasteiger charge is -2.07.